The summed E-state index contributed by atoms with van der Waals surface area (Å²) in [7, 11) is 0. The standard InChI is InChI=1S/C26H37NO4S/c1-5-6-14-23(25(30)31-26(2,3)4)27-24(29)21(18-32-16-15-28)17-20-12-9-11-19-10-7-8-13-22(19)20/h7-13,21,23,28H,5-6,14-18H2,1-4H3,(H,27,29)/t21-,23+/m1/s1. The van der Waals surface area contributed by atoms with Gasteiger partial charge in [0.25, 0.3) is 0 Å². The molecule has 0 unspecified atom stereocenters. The molecule has 6 heteroatoms. The van der Waals surface area contributed by atoms with Gasteiger partial charge in [-0.15, -0.1) is 0 Å². The topological polar surface area (TPSA) is 75.6 Å². The van der Waals surface area contributed by atoms with Crippen LogP contribution in [-0.2, 0) is 20.7 Å². The predicted molar refractivity (Wildman–Crippen MR) is 133 cm³/mol. The van der Waals surface area contributed by atoms with E-state index in [0.29, 0.717) is 24.3 Å². The zero-order valence-electron chi connectivity index (χ0n) is 19.7. The minimum atomic E-state index is -0.653. The summed E-state index contributed by atoms with van der Waals surface area (Å²) >= 11 is 1.55. The predicted octanol–water partition coefficient (Wildman–Crippen LogP) is 4.74. The van der Waals surface area contributed by atoms with Crippen LogP contribution in [0.25, 0.3) is 10.8 Å². The second-order valence-corrected chi connectivity index (χ2v) is 10.2. The van der Waals surface area contributed by atoms with Crippen molar-refractivity contribution in [1.29, 1.82) is 0 Å². The van der Waals surface area contributed by atoms with Gasteiger partial charge in [0.2, 0.25) is 5.91 Å². The fourth-order valence-electron chi connectivity index (χ4n) is 3.57. The van der Waals surface area contributed by atoms with Gasteiger partial charge in [0.15, 0.2) is 0 Å². The van der Waals surface area contributed by atoms with Gasteiger partial charge in [-0.3, -0.25) is 4.79 Å². The van der Waals surface area contributed by atoms with E-state index in [-0.39, 0.29) is 24.4 Å². The van der Waals surface area contributed by atoms with Crippen molar-refractivity contribution >= 4 is 34.4 Å². The molecule has 0 heterocycles. The van der Waals surface area contributed by atoms with Crippen LogP contribution in [0.2, 0.25) is 0 Å². The van der Waals surface area contributed by atoms with Gasteiger partial charge in [-0.1, -0.05) is 62.2 Å². The fraction of sp³-hybridized carbons (Fsp3) is 0.538. The number of aliphatic hydroxyl groups is 1. The molecule has 0 spiro atoms. The molecule has 5 nitrogen and oxygen atoms in total. The second-order valence-electron chi connectivity index (χ2n) is 9.07. The number of unbranched alkanes of at least 4 members (excludes halogenated alkanes) is 1. The normalized spacial score (nSPS) is 13.5. The third kappa shape index (κ3) is 8.47. The average molecular weight is 460 g/mol. The van der Waals surface area contributed by atoms with Crippen molar-refractivity contribution in [3.8, 4) is 0 Å². The van der Waals surface area contributed by atoms with Crippen molar-refractivity contribution in [2.45, 2.75) is 65.0 Å². The highest BCUT2D eigenvalue weighted by Gasteiger charge is 2.29. The molecular formula is C26H37NO4S. The molecule has 2 rings (SSSR count). The average Bonchev–Trinajstić information content (AvgIpc) is 2.74. The molecule has 0 aliphatic rings. The van der Waals surface area contributed by atoms with Crippen LogP contribution in [0, 0.1) is 5.92 Å². The minimum Gasteiger partial charge on any atom is -0.458 e. The Hall–Kier alpha value is -2.05. The molecule has 2 N–H and O–H groups in total. The van der Waals surface area contributed by atoms with E-state index < -0.39 is 11.6 Å². The third-order valence-electron chi connectivity index (χ3n) is 5.13. The van der Waals surface area contributed by atoms with E-state index in [9.17, 15) is 14.7 Å². The highest BCUT2D eigenvalue weighted by atomic mass is 32.2. The summed E-state index contributed by atoms with van der Waals surface area (Å²) in [4.78, 5) is 26.1. The van der Waals surface area contributed by atoms with Crippen molar-refractivity contribution in [3.63, 3.8) is 0 Å². The molecule has 0 saturated heterocycles. The number of fused-ring (bicyclic) bond motifs is 1. The van der Waals surface area contributed by atoms with Gasteiger partial charge >= 0.3 is 5.97 Å². The first-order valence-electron chi connectivity index (χ1n) is 11.4. The molecule has 0 fully saturated rings. The second kappa shape index (κ2) is 12.9. The van der Waals surface area contributed by atoms with Crippen molar-refractivity contribution in [1.82, 2.24) is 5.32 Å². The Kier molecular flexibility index (Phi) is 10.5. The highest BCUT2D eigenvalue weighted by molar-refractivity contribution is 7.99. The zero-order valence-corrected chi connectivity index (χ0v) is 20.5. The Balaban J connectivity index is 2.21. The number of esters is 1. The van der Waals surface area contributed by atoms with E-state index in [1.165, 1.54) is 0 Å². The summed E-state index contributed by atoms with van der Waals surface area (Å²) in [6.45, 7) is 7.63. The lowest BCUT2D eigenvalue weighted by molar-refractivity contribution is -0.159. The molecule has 0 aromatic heterocycles. The molecule has 2 aromatic carbocycles. The molecule has 0 aliphatic heterocycles. The van der Waals surface area contributed by atoms with Crippen LogP contribution < -0.4 is 5.32 Å². The minimum absolute atomic E-state index is 0.0737. The first-order chi connectivity index (χ1) is 15.2. The smallest absolute Gasteiger partial charge is 0.329 e. The number of aliphatic hydroxyl groups excluding tert-OH is 1. The first-order valence-corrected chi connectivity index (χ1v) is 12.6. The zero-order chi connectivity index (χ0) is 23.6. The molecule has 1 amide bonds. The quantitative estimate of drug-likeness (QED) is 0.354. The van der Waals surface area contributed by atoms with Gasteiger partial charge in [-0.25, -0.2) is 4.79 Å². The Morgan fingerprint density at radius 2 is 1.84 bits per heavy atom. The van der Waals surface area contributed by atoms with Crippen LogP contribution in [0.15, 0.2) is 42.5 Å². The lowest BCUT2D eigenvalue weighted by atomic mass is 9.95. The number of benzene rings is 2. The maximum absolute atomic E-state index is 13.3. The number of hydrogen-bond donors (Lipinski definition) is 2. The molecule has 2 aromatic rings. The summed E-state index contributed by atoms with van der Waals surface area (Å²) in [5.74, 6) is 0.306. The lowest BCUT2D eigenvalue weighted by Gasteiger charge is -2.26. The summed E-state index contributed by atoms with van der Waals surface area (Å²) in [6.07, 6.45) is 2.89. The summed E-state index contributed by atoms with van der Waals surface area (Å²) in [6, 6.07) is 13.6. The molecule has 176 valence electrons. The van der Waals surface area contributed by atoms with E-state index in [1.807, 2.05) is 39.0 Å². The maximum Gasteiger partial charge on any atom is 0.329 e. The molecule has 32 heavy (non-hydrogen) atoms. The monoisotopic (exact) mass is 459 g/mol. The van der Waals surface area contributed by atoms with Gasteiger partial charge in [0.1, 0.15) is 11.6 Å². The van der Waals surface area contributed by atoms with Crippen LogP contribution in [0.5, 0.6) is 0 Å². The number of thioether (sulfide) groups is 1. The van der Waals surface area contributed by atoms with E-state index >= 15 is 0 Å². The van der Waals surface area contributed by atoms with Crippen molar-refractivity contribution in [2.75, 3.05) is 18.1 Å². The van der Waals surface area contributed by atoms with Gasteiger partial charge in [0.05, 0.1) is 12.5 Å². The number of amides is 1. The number of nitrogens with one attached hydrogen (secondary N) is 1. The number of ether oxygens (including phenoxy) is 1. The molecule has 0 saturated carbocycles. The van der Waals surface area contributed by atoms with Gasteiger partial charge in [0, 0.05) is 11.5 Å². The SMILES string of the molecule is CCCC[C@H](NC(=O)[C@@H](CSCCO)Cc1cccc2ccccc12)C(=O)OC(C)(C)C. The largest absolute Gasteiger partial charge is 0.458 e. The summed E-state index contributed by atoms with van der Waals surface area (Å²) in [5.41, 5.74) is 0.501. The Bertz CT molecular complexity index is 872. The molecule has 0 bridgehead atoms. The van der Waals surface area contributed by atoms with Gasteiger partial charge in [-0.05, 0) is 49.9 Å². The van der Waals surface area contributed by atoms with Crippen molar-refractivity contribution in [2.24, 2.45) is 5.92 Å². The molecule has 2 atom stereocenters. The third-order valence-corrected chi connectivity index (χ3v) is 6.24. The Labute approximate surface area is 196 Å². The van der Waals surface area contributed by atoms with Crippen LogP contribution in [0.4, 0.5) is 0 Å². The number of carbonyl (C=O) groups excluding carboxylic acids is 2. The van der Waals surface area contributed by atoms with Crippen LogP contribution >= 0.6 is 11.8 Å². The first kappa shape index (κ1) is 26.2. The van der Waals surface area contributed by atoms with Crippen LogP contribution in [0.1, 0.15) is 52.5 Å². The highest BCUT2D eigenvalue weighted by Crippen LogP contribution is 2.23. The van der Waals surface area contributed by atoms with Crippen LogP contribution in [-0.4, -0.2) is 46.7 Å². The fourth-order valence-corrected chi connectivity index (χ4v) is 4.42. The maximum atomic E-state index is 13.3. The number of rotatable bonds is 12. The Morgan fingerprint density at radius 3 is 2.53 bits per heavy atom. The van der Waals surface area contributed by atoms with Gasteiger partial charge in [-0.2, -0.15) is 11.8 Å². The van der Waals surface area contributed by atoms with E-state index in [1.54, 1.807) is 11.8 Å². The van der Waals surface area contributed by atoms with E-state index in [4.69, 9.17) is 4.74 Å². The Morgan fingerprint density at radius 1 is 1.12 bits per heavy atom. The van der Waals surface area contributed by atoms with E-state index in [0.717, 1.165) is 29.2 Å². The van der Waals surface area contributed by atoms with Gasteiger partial charge < -0.3 is 15.2 Å². The lowest BCUT2D eigenvalue weighted by Crippen LogP contribution is -2.47. The van der Waals surface area contributed by atoms with E-state index in [2.05, 4.69) is 36.5 Å². The van der Waals surface area contributed by atoms with Crippen molar-refractivity contribution in [3.05, 3.63) is 48.0 Å². The molecule has 0 aliphatic carbocycles. The van der Waals surface area contributed by atoms with Crippen molar-refractivity contribution < 1.29 is 19.4 Å². The summed E-state index contributed by atoms with van der Waals surface area (Å²) < 4.78 is 5.56. The number of carbonyl (C=O) groups is 2. The molecule has 0 radical (unpaired) electrons. The van der Waals surface area contributed by atoms with Crippen LogP contribution in [0.3, 0.4) is 0 Å². The number of hydrogen-bond acceptors (Lipinski definition) is 5. The summed E-state index contributed by atoms with van der Waals surface area (Å²) in [5, 5.41) is 14.4. The molecular weight excluding hydrogens is 422 g/mol.